The summed E-state index contributed by atoms with van der Waals surface area (Å²) in [7, 11) is 0. The molecule has 0 radical (unpaired) electrons. The average Bonchev–Trinajstić information content (AvgIpc) is 1.80. The van der Waals surface area contributed by atoms with Crippen molar-refractivity contribution in [2.75, 3.05) is 6.54 Å². The standard InChI is InChI=1S/C7H14FN/c1-5-3-6(2)9-4-7(5)8/h5-7,9H,3-4H2,1-2H3. The molecule has 1 fully saturated rings. The van der Waals surface area contributed by atoms with Crippen LogP contribution in [0, 0.1) is 5.92 Å². The molecule has 1 N–H and O–H groups in total. The van der Waals surface area contributed by atoms with Crippen LogP contribution in [0.3, 0.4) is 0 Å². The van der Waals surface area contributed by atoms with Gasteiger partial charge in [-0.05, 0) is 19.3 Å². The lowest BCUT2D eigenvalue weighted by atomic mass is 9.94. The van der Waals surface area contributed by atoms with Gasteiger partial charge in [0.25, 0.3) is 0 Å². The topological polar surface area (TPSA) is 12.0 Å². The molecule has 2 heteroatoms. The van der Waals surface area contributed by atoms with Crippen LogP contribution in [0.1, 0.15) is 20.3 Å². The average molecular weight is 131 g/mol. The Morgan fingerprint density at radius 1 is 1.44 bits per heavy atom. The molecular weight excluding hydrogens is 117 g/mol. The number of piperidine rings is 1. The summed E-state index contributed by atoms with van der Waals surface area (Å²) >= 11 is 0. The van der Waals surface area contributed by atoms with Crippen LogP contribution < -0.4 is 5.32 Å². The quantitative estimate of drug-likeness (QED) is 0.523. The molecule has 0 saturated carbocycles. The zero-order chi connectivity index (χ0) is 6.85. The highest BCUT2D eigenvalue weighted by atomic mass is 19.1. The third-order valence-corrected chi connectivity index (χ3v) is 2.00. The predicted octanol–water partition coefficient (Wildman–Crippen LogP) is 1.34. The van der Waals surface area contributed by atoms with Gasteiger partial charge in [0.05, 0.1) is 0 Å². The number of alkyl halides is 1. The summed E-state index contributed by atoms with van der Waals surface area (Å²) in [4.78, 5) is 0. The molecule has 0 spiro atoms. The minimum absolute atomic E-state index is 0.251. The van der Waals surface area contributed by atoms with Gasteiger partial charge in [-0.3, -0.25) is 0 Å². The fourth-order valence-electron chi connectivity index (χ4n) is 1.30. The predicted molar refractivity (Wildman–Crippen MR) is 36.1 cm³/mol. The van der Waals surface area contributed by atoms with E-state index < -0.39 is 6.17 Å². The summed E-state index contributed by atoms with van der Waals surface area (Å²) < 4.78 is 12.7. The minimum atomic E-state index is -0.624. The van der Waals surface area contributed by atoms with Crippen molar-refractivity contribution in [1.29, 1.82) is 0 Å². The van der Waals surface area contributed by atoms with Crippen molar-refractivity contribution >= 4 is 0 Å². The Hall–Kier alpha value is -0.110. The lowest BCUT2D eigenvalue weighted by Crippen LogP contribution is -2.42. The maximum atomic E-state index is 12.7. The molecule has 1 aliphatic heterocycles. The molecule has 1 aliphatic rings. The fourth-order valence-corrected chi connectivity index (χ4v) is 1.30. The highest BCUT2D eigenvalue weighted by molar-refractivity contribution is 4.79. The molecule has 1 heterocycles. The first kappa shape index (κ1) is 7.00. The van der Waals surface area contributed by atoms with Crippen molar-refractivity contribution in [3.8, 4) is 0 Å². The molecule has 9 heavy (non-hydrogen) atoms. The lowest BCUT2D eigenvalue weighted by Gasteiger charge is -2.28. The van der Waals surface area contributed by atoms with Crippen LogP contribution in [0.2, 0.25) is 0 Å². The molecular formula is C7H14FN. The molecule has 0 aliphatic carbocycles. The van der Waals surface area contributed by atoms with Gasteiger partial charge in [0, 0.05) is 12.6 Å². The van der Waals surface area contributed by atoms with E-state index in [2.05, 4.69) is 12.2 Å². The number of nitrogens with one attached hydrogen (secondary N) is 1. The lowest BCUT2D eigenvalue weighted by molar-refractivity contribution is 0.169. The van der Waals surface area contributed by atoms with E-state index in [1.165, 1.54) is 0 Å². The van der Waals surface area contributed by atoms with Gasteiger partial charge in [0.15, 0.2) is 0 Å². The van der Waals surface area contributed by atoms with Crippen LogP contribution in [0.5, 0.6) is 0 Å². The first-order valence-corrected chi connectivity index (χ1v) is 3.57. The van der Waals surface area contributed by atoms with Gasteiger partial charge in [-0.15, -0.1) is 0 Å². The van der Waals surface area contributed by atoms with Crippen LogP contribution >= 0.6 is 0 Å². The van der Waals surface area contributed by atoms with Gasteiger partial charge in [0.2, 0.25) is 0 Å². The van der Waals surface area contributed by atoms with Crippen molar-refractivity contribution in [3.63, 3.8) is 0 Å². The van der Waals surface area contributed by atoms with Crippen LogP contribution in [0.25, 0.3) is 0 Å². The zero-order valence-corrected chi connectivity index (χ0v) is 6.02. The summed E-state index contributed by atoms with van der Waals surface area (Å²) in [6, 6.07) is 0.506. The molecule has 0 bridgehead atoms. The van der Waals surface area contributed by atoms with Crippen molar-refractivity contribution < 1.29 is 4.39 Å². The number of rotatable bonds is 0. The van der Waals surface area contributed by atoms with Gasteiger partial charge in [-0.2, -0.15) is 0 Å². The molecule has 3 unspecified atom stereocenters. The van der Waals surface area contributed by atoms with E-state index in [1.54, 1.807) is 0 Å². The second-order valence-corrected chi connectivity index (χ2v) is 3.04. The monoisotopic (exact) mass is 131 g/mol. The van der Waals surface area contributed by atoms with E-state index in [1.807, 2.05) is 6.92 Å². The fraction of sp³-hybridized carbons (Fsp3) is 1.00. The molecule has 0 amide bonds. The summed E-state index contributed by atoms with van der Waals surface area (Å²) in [6.07, 6.45) is 0.349. The molecule has 0 aromatic rings. The van der Waals surface area contributed by atoms with Crippen molar-refractivity contribution in [2.24, 2.45) is 5.92 Å². The van der Waals surface area contributed by atoms with Crippen LogP contribution in [0.4, 0.5) is 4.39 Å². The Balaban J connectivity index is 2.35. The second kappa shape index (κ2) is 2.65. The second-order valence-electron chi connectivity index (χ2n) is 3.04. The van der Waals surface area contributed by atoms with Gasteiger partial charge in [-0.1, -0.05) is 6.92 Å². The normalized spacial score (nSPS) is 45.0. The molecule has 1 saturated heterocycles. The third kappa shape index (κ3) is 1.65. The molecule has 0 aromatic carbocycles. The van der Waals surface area contributed by atoms with E-state index in [0.29, 0.717) is 12.6 Å². The van der Waals surface area contributed by atoms with Crippen LogP contribution in [0.15, 0.2) is 0 Å². The molecule has 1 nitrogen and oxygen atoms in total. The largest absolute Gasteiger partial charge is 0.311 e. The van der Waals surface area contributed by atoms with Crippen molar-refractivity contribution in [2.45, 2.75) is 32.5 Å². The van der Waals surface area contributed by atoms with E-state index in [4.69, 9.17) is 0 Å². The van der Waals surface area contributed by atoms with Crippen LogP contribution in [-0.2, 0) is 0 Å². The molecule has 1 rings (SSSR count). The Morgan fingerprint density at radius 2 is 2.11 bits per heavy atom. The minimum Gasteiger partial charge on any atom is -0.311 e. The van der Waals surface area contributed by atoms with E-state index in [0.717, 1.165) is 6.42 Å². The number of halogens is 1. The maximum absolute atomic E-state index is 12.7. The van der Waals surface area contributed by atoms with Crippen molar-refractivity contribution in [1.82, 2.24) is 5.32 Å². The summed E-state index contributed by atoms with van der Waals surface area (Å²) in [5.74, 6) is 0.251. The number of hydrogen-bond donors (Lipinski definition) is 1. The maximum Gasteiger partial charge on any atom is 0.115 e. The highest BCUT2D eigenvalue weighted by Gasteiger charge is 2.23. The summed E-state index contributed by atoms with van der Waals surface area (Å²) in [5, 5.41) is 3.09. The Morgan fingerprint density at radius 3 is 2.56 bits per heavy atom. The van der Waals surface area contributed by atoms with E-state index >= 15 is 0 Å². The SMILES string of the molecule is CC1CC(C)C(F)CN1. The Kier molecular flexibility index (Phi) is 2.06. The molecule has 0 aromatic heterocycles. The van der Waals surface area contributed by atoms with Crippen LogP contribution in [-0.4, -0.2) is 18.8 Å². The van der Waals surface area contributed by atoms with Gasteiger partial charge in [0.1, 0.15) is 6.17 Å². The Bertz CT molecular complexity index is 94.9. The van der Waals surface area contributed by atoms with E-state index in [9.17, 15) is 4.39 Å². The Labute approximate surface area is 55.6 Å². The zero-order valence-electron chi connectivity index (χ0n) is 6.02. The van der Waals surface area contributed by atoms with Gasteiger partial charge < -0.3 is 5.32 Å². The third-order valence-electron chi connectivity index (χ3n) is 2.00. The smallest absolute Gasteiger partial charge is 0.115 e. The molecule has 54 valence electrons. The first-order valence-electron chi connectivity index (χ1n) is 3.57. The van der Waals surface area contributed by atoms with Gasteiger partial charge in [-0.25, -0.2) is 4.39 Å². The molecule has 3 atom stereocenters. The first-order chi connectivity index (χ1) is 4.20. The summed E-state index contributed by atoms with van der Waals surface area (Å²) in [6.45, 7) is 4.62. The summed E-state index contributed by atoms with van der Waals surface area (Å²) in [5.41, 5.74) is 0. The number of hydrogen-bond acceptors (Lipinski definition) is 1. The van der Waals surface area contributed by atoms with Crippen molar-refractivity contribution in [3.05, 3.63) is 0 Å². The highest BCUT2D eigenvalue weighted by Crippen LogP contribution is 2.17. The van der Waals surface area contributed by atoms with Gasteiger partial charge >= 0.3 is 0 Å². The van der Waals surface area contributed by atoms with E-state index in [-0.39, 0.29) is 5.92 Å².